The van der Waals surface area contributed by atoms with Crippen molar-refractivity contribution in [3.05, 3.63) is 48.6 Å². The lowest BCUT2D eigenvalue weighted by Crippen LogP contribution is -2.30. The largest absolute Gasteiger partial charge is 0.462 e. The molecule has 6 nitrogen and oxygen atoms in total. The van der Waals surface area contributed by atoms with Gasteiger partial charge in [0.15, 0.2) is 6.10 Å². The number of carbonyl (C=O) groups is 3. The number of carbonyl (C=O) groups excluding carboxylic acids is 3. The van der Waals surface area contributed by atoms with E-state index >= 15 is 0 Å². The summed E-state index contributed by atoms with van der Waals surface area (Å²) in [5, 5.41) is 0. The molecular weight excluding hydrogens is 877 g/mol. The Balaban J connectivity index is 4.37. The zero-order valence-electron chi connectivity index (χ0n) is 47.5. The molecular formula is C65H118O6. The molecule has 1 unspecified atom stereocenters. The minimum atomic E-state index is -0.780. The second kappa shape index (κ2) is 59.9. The molecule has 0 rings (SSSR count). The predicted molar refractivity (Wildman–Crippen MR) is 307 cm³/mol. The molecule has 1 atom stereocenters. The Bertz CT molecular complexity index is 1230. The van der Waals surface area contributed by atoms with Gasteiger partial charge in [-0.1, -0.05) is 275 Å². The molecule has 0 saturated carbocycles. The van der Waals surface area contributed by atoms with Crippen molar-refractivity contribution >= 4 is 17.9 Å². The molecule has 0 fully saturated rings. The summed E-state index contributed by atoms with van der Waals surface area (Å²) in [6.45, 7) is 6.64. The summed E-state index contributed by atoms with van der Waals surface area (Å²) in [6, 6.07) is 0. The van der Waals surface area contributed by atoms with Crippen molar-refractivity contribution in [2.24, 2.45) is 0 Å². The van der Waals surface area contributed by atoms with Gasteiger partial charge in [-0.05, 0) is 83.5 Å². The van der Waals surface area contributed by atoms with Crippen LogP contribution in [-0.2, 0) is 28.6 Å². The van der Waals surface area contributed by atoms with Crippen LogP contribution in [0, 0.1) is 0 Å². The number of hydrogen-bond donors (Lipinski definition) is 0. The Labute approximate surface area is 441 Å². The van der Waals surface area contributed by atoms with Gasteiger partial charge in [0.2, 0.25) is 0 Å². The van der Waals surface area contributed by atoms with Crippen LogP contribution < -0.4 is 0 Å². The van der Waals surface area contributed by atoms with Gasteiger partial charge in [0.25, 0.3) is 0 Å². The number of hydrogen-bond acceptors (Lipinski definition) is 6. The van der Waals surface area contributed by atoms with Crippen LogP contribution in [0.5, 0.6) is 0 Å². The molecule has 0 spiro atoms. The predicted octanol–water partition coefficient (Wildman–Crippen LogP) is 21.0. The molecule has 0 aliphatic carbocycles. The second-order valence-electron chi connectivity index (χ2n) is 21.0. The van der Waals surface area contributed by atoms with E-state index in [4.69, 9.17) is 14.2 Å². The summed E-state index contributed by atoms with van der Waals surface area (Å²) in [5.41, 5.74) is 0. The van der Waals surface area contributed by atoms with Crippen LogP contribution in [-0.4, -0.2) is 37.2 Å². The molecule has 0 radical (unpaired) electrons. The third-order valence-corrected chi connectivity index (χ3v) is 13.8. The van der Waals surface area contributed by atoms with Gasteiger partial charge in [-0.3, -0.25) is 14.4 Å². The van der Waals surface area contributed by atoms with Crippen LogP contribution in [0.2, 0.25) is 0 Å². The fourth-order valence-electron chi connectivity index (χ4n) is 9.09. The van der Waals surface area contributed by atoms with E-state index in [1.807, 2.05) is 0 Å². The Hall–Kier alpha value is -2.63. The molecule has 6 heteroatoms. The van der Waals surface area contributed by atoms with E-state index in [1.165, 1.54) is 205 Å². The van der Waals surface area contributed by atoms with Crippen molar-refractivity contribution in [2.75, 3.05) is 13.2 Å². The molecule has 414 valence electrons. The van der Waals surface area contributed by atoms with Crippen molar-refractivity contribution in [3.8, 4) is 0 Å². The highest BCUT2D eigenvalue weighted by molar-refractivity contribution is 5.71. The minimum Gasteiger partial charge on any atom is -0.462 e. The van der Waals surface area contributed by atoms with E-state index in [1.54, 1.807) is 0 Å². The van der Waals surface area contributed by atoms with E-state index < -0.39 is 6.10 Å². The van der Waals surface area contributed by atoms with Crippen molar-refractivity contribution in [1.82, 2.24) is 0 Å². The van der Waals surface area contributed by atoms with Crippen molar-refractivity contribution in [3.63, 3.8) is 0 Å². The Morgan fingerprint density at radius 3 is 0.831 bits per heavy atom. The van der Waals surface area contributed by atoms with Crippen LogP contribution in [0.15, 0.2) is 48.6 Å². The van der Waals surface area contributed by atoms with Gasteiger partial charge in [0, 0.05) is 19.3 Å². The SMILES string of the molecule is CCCCC/C=C\C/C=C\C/C=C\CCCCCCCCC(=O)OCC(COC(=O)CCCCCCC/C=C\CCCCCCCC)OC(=O)CCCCCCCCCCCCCCCCCCCCC. The van der Waals surface area contributed by atoms with E-state index in [9.17, 15) is 14.4 Å². The number of allylic oxidation sites excluding steroid dienone is 8. The summed E-state index contributed by atoms with van der Waals surface area (Å²) in [4.78, 5) is 38.3. The molecule has 0 heterocycles. The lowest BCUT2D eigenvalue weighted by atomic mass is 10.0. The maximum atomic E-state index is 12.9. The van der Waals surface area contributed by atoms with E-state index in [0.29, 0.717) is 19.3 Å². The Kier molecular flexibility index (Phi) is 57.7. The van der Waals surface area contributed by atoms with Crippen LogP contribution in [0.25, 0.3) is 0 Å². The molecule has 0 aliphatic rings. The monoisotopic (exact) mass is 995 g/mol. The van der Waals surface area contributed by atoms with Gasteiger partial charge in [-0.2, -0.15) is 0 Å². The maximum absolute atomic E-state index is 12.9. The van der Waals surface area contributed by atoms with Gasteiger partial charge in [-0.15, -0.1) is 0 Å². The van der Waals surface area contributed by atoms with Gasteiger partial charge in [0.1, 0.15) is 13.2 Å². The van der Waals surface area contributed by atoms with Crippen molar-refractivity contribution < 1.29 is 28.6 Å². The first kappa shape index (κ1) is 68.4. The summed E-state index contributed by atoms with van der Waals surface area (Å²) < 4.78 is 16.9. The summed E-state index contributed by atoms with van der Waals surface area (Å²) in [5.74, 6) is -0.879. The number of esters is 3. The summed E-state index contributed by atoms with van der Waals surface area (Å²) in [7, 11) is 0. The molecule has 0 aromatic heterocycles. The van der Waals surface area contributed by atoms with Crippen LogP contribution in [0.4, 0.5) is 0 Å². The minimum absolute atomic E-state index is 0.0785. The standard InChI is InChI=1S/C65H118O6/c1-4-7-10-13-16-19-22-25-28-30-32-34-37-40-43-46-49-52-55-58-64(67)70-61-62(60-69-63(66)57-54-51-48-45-42-39-36-27-24-21-18-15-12-9-6-3)71-65(68)59-56-53-50-47-44-41-38-35-33-31-29-26-23-20-17-14-11-8-5-2/h16,19,25,27-28,32,34,36,62H,4-15,17-18,20-24,26,29-31,33,35,37-61H2,1-3H3/b19-16-,28-25-,34-32-,36-27-. The van der Waals surface area contributed by atoms with E-state index in [2.05, 4.69) is 69.4 Å². The normalized spacial score (nSPS) is 12.3. The van der Waals surface area contributed by atoms with Crippen LogP contribution in [0.1, 0.15) is 329 Å². The topological polar surface area (TPSA) is 78.9 Å². The zero-order valence-corrected chi connectivity index (χ0v) is 47.5. The number of unbranched alkanes of at least 4 members (excludes halogenated alkanes) is 38. The molecule has 0 amide bonds. The van der Waals surface area contributed by atoms with Crippen molar-refractivity contribution in [1.29, 1.82) is 0 Å². The molecule has 71 heavy (non-hydrogen) atoms. The highest BCUT2D eigenvalue weighted by Crippen LogP contribution is 2.17. The van der Waals surface area contributed by atoms with Crippen LogP contribution in [0.3, 0.4) is 0 Å². The van der Waals surface area contributed by atoms with Gasteiger partial charge in [-0.25, -0.2) is 0 Å². The number of rotatable bonds is 57. The van der Waals surface area contributed by atoms with Gasteiger partial charge >= 0.3 is 17.9 Å². The molecule has 0 bridgehead atoms. The number of ether oxygens (including phenoxy) is 3. The molecule has 0 N–H and O–H groups in total. The average molecular weight is 996 g/mol. The summed E-state index contributed by atoms with van der Waals surface area (Å²) in [6.07, 6.45) is 73.9. The lowest BCUT2D eigenvalue weighted by molar-refractivity contribution is -0.167. The lowest BCUT2D eigenvalue weighted by Gasteiger charge is -2.18. The summed E-state index contributed by atoms with van der Waals surface area (Å²) >= 11 is 0. The molecule has 0 aromatic rings. The first-order valence-corrected chi connectivity index (χ1v) is 31.1. The molecule has 0 aromatic carbocycles. The second-order valence-corrected chi connectivity index (χ2v) is 21.0. The first-order chi connectivity index (χ1) is 35.0. The highest BCUT2D eigenvalue weighted by Gasteiger charge is 2.19. The van der Waals surface area contributed by atoms with E-state index in [-0.39, 0.29) is 31.1 Å². The van der Waals surface area contributed by atoms with Gasteiger partial charge < -0.3 is 14.2 Å². The van der Waals surface area contributed by atoms with Gasteiger partial charge in [0.05, 0.1) is 0 Å². The first-order valence-electron chi connectivity index (χ1n) is 31.1. The fourth-order valence-corrected chi connectivity index (χ4v) is 9.09. The molecule has 0 aliphatic heterocycles. The van der Waals surface area contributed by atoms with E-state index in [0.717, 1.165) is 83.5 Å². The Morgan fingerprint density at radius 1 is 0.282 bits per heavy atom. The third kappa shape index (κ3) is 58.1. The van der Waals surface area contributed by atoms with Crippen LogP contribution >= 0.6 is 0 Å². The highest BCUT2D eigenvalue weighted by atomic mass is 16.6. The smallest absolute Gasteiger partial charge is 0.306 e. The Morgan fingerprint density at radius 2 is 0.507 bits per heavy atom. The van der Waals surface area contributed by atoms with Crippen molar-refractivity contribution in [2.45, 2.75) is 335 Å². The third-order valence-electron chi connectivity index (χ3n) is 13.8. The zero-order chi connectivity index (χ0) is 51.4. The maximum Gasteiger partial charge on any atom is 0.306 e. The quantitative estimate of drug-likeness (QED) is 0.0261. The molecule has 0 saturated heterocycles. The average Bonchev–Trinajstić information content (AvgIpc) is 3.37. The fraction of sp³-hybridized carbons (Fsp3) is 0.831.